The molecule has 2 aromatic rings. The molecule has 0 bridgehead atoms. The SMILES string of the molecule is Cc1ccc(N(C)C(=O)c2ccc(C#CCN)s2)c(C)c1. The lowest BCUT2D eigenvalue weighted by Crippen LogP contribution is -2.26. The Labute approximate surface area is 129 Å². The first-order valence-corrected chi connectivity index (χ1v) is 7.48. The van der Waals surface area contributed by atoms with Gasteiger partial charge in [-0.25, -0.2) is 0 Å². The van der Waals surface area contributed by atoms with Gasteiger partial charge in [-0.1, -0.05) is 29.5 Å². The third-order valence-corrected chi connectivity index (χ3v) is 4.14. The number of anilines is 1. The number of carbonyl (C=O) groups excluding carboxylic acids is 1. The van der Waals surface area contributed by atoms with Crippen LogP contribution in [0.25, 0.3) is 0 Å². The first-order chi connectivity index (χ1) is 10.0. The van der Waals surface area contributed by atoms with Gasteiger partial charge in [-0.15, -0.1) is 11.3 Å². The van der Waals surface area contributed by atoms with Crippen molar-refractivity contribution in [1.29, 1.82) is 0 Å². The van der Waals surface area contributed by atoms with Crippen molar-refractivity contribution < 1.29 is 4.79 Å². The molecule has 0 spiro atoms. The second kappa shape index (κ2) is 6.57. The van der Waals surface area contributed by atoms with Crippen molar-refractivity contribution in [2.75, 3.05) is 18.5 Å². The van der Waals surface area contributed by atoms with Crippen LogP contribution in [-0.2, 0) is 0 Å². The number of nitrogens with two attached hydrogens (primary N) is 1. The molecular weight excluding hydrogens is 280 g/mol. The summed E-state index contributed by atoms with van der Waals surface area (Å²) in [6, 6.07) is 9.74. The van der Waals surface area contributed by atoms with E-state index in [-0.39, 0.29) is 5.91 Å². The molecule has 0 radical (unpaired) electrons. The van der Waals surface area contributed by atoms with E-state index in [0.29, 0.717) is 11.4 Å². The van der Waals surface area contributed by atoms with E-state index in [2.05, 4.69) is 17.9 Å². The van der Waals surface area contributed by atoms with E-state index < -0.39 is 0 Å². The molecule has 0 atom stereocenters. The minimum atomic E-state index is -0.0206. The molecule has 2 rings (SSSR count). The fourth-order valence-corrected chi connectivity index (χ4v) is 2.97. The zero-order valence-corrected chi connectivity index (χ0v) is 13.3. The van der Waals surface area contributed by atoms with Gasteiger partial charge in [-0.3, -0.25) is 4.79 Å². The molecule has 0 saturated carbocycles. The molecule has 0 unspecified atom stereocenters. The molecule has 0 aliphatic heterocycles. The fraction of sp³-hybridized carbons (Fsp3) is 0.235. The highest BCUT2D eigenvalue weighted by molar-refractivity contribution is 7.14. The van der Waals surface area contributed by atoms with E-state index in [0.717, 1.165) is 16.1 Å². The van der Waals surface area contributed by atoms with Gasteiger partial charge in [0.25, 0.3) is 5.91 Å². The van der Waals surface area contributed by atoms with Gasteiger partial charge in [-0.05, 0) is 37.6 Å². The number of aryl methyl sites for hydroxylation is 2. The van der Waals surface area contributed by atoms with E-state index in [9.17, 15) is 4.79 Å². The van der Waals surface area contributed by atoms with E-state index in [1.54, 1.807) is 11.9 Å². The molecule has 3 nitrogen and oxygen atoms in total. The van der Waals surface area contributed by atoms with Crippen molar-refractivity contribution in [2.24, 2.45) is 5.73 Å². The van der Waals surface area contributed by atoms with E-state index in [4.69, 9.17) is 5.73 Å². The largest absolute Gasteiger partial charge is 0.320 e. The Hall–Kier alpha value is -2.09. The highest BCUT2D eigenvalue weighted by Gasteiger charge is 2.16. The maximum Gasteiger partial charge on any atom is 0.268 e. The van der Waals surface area contributed by atoms with E-state index >= 15 is 0 Å². The molecular formula is C17H18N2OS. The highest BCUT2D eigenvalue weighted by Crippen LogP contribution is 2.24. The van der Waals surface area contributed by atoms with Gasteiger partial charge in [-0.2, -0.15) is 0 Å². The summed E-state index contributed by atoms with van der Waals surface area (Å²) in [7, 11) is 1.80. The number of hydrogen-bond donors (Lipinski definition) is 1. The molecule has 0 saturated heterocycles. The van der Waals surface area contributed by atoms with Crippen LogP contribution in [0.4, 0.5) is 5.69 Å². The second-order valence-electron chi connectivity index (χ2n) is 4.82. The molecule has 1 aromatic carbocycles. The Morgan fingerprint density at radius 2 is 2.05 bits per heavy atom. The van der Waals surface area contributed by atoms with Crippen molar-refractivity contribution >= 4 is 22.9 Å². The molecule has 4 heteroatoms. The number of nitrogens with zero attached hydrogens (tertiary/aromatic N) is 1. The lowest BCUT2D eigenvalue weighted by molar-refractivity contribution is 0.0996. The summed E-state index contributed by atoms with van der Waals surface area (Å²) in [5.41, 5.74) is 8.55. The number of amides is 1. The number of hydrogen-bond acceptors (Lipinski definition) is 3. The average molecular weight is 298 g/mol. The summed E-state index contributed by atoms with van der Waals surface area (Å²) in [4.78, 5) is 15.8. The molecule has 1 aromatic heterocycles. The predicted molar refractivity (Wildman–Crippen MR) is 88.9 cm³/mol. The van der Waals surface area contributed by atoms with Crippen molar-refractivity contribution in [3.8, 4) is 11.8 Å². The van der Waals surface area contributed by atoms with Gasteiger partial charge < -0.3 is 10.6 Å². The van der Waals surface area contributed by atoms with Gasteiger partial charge >= 0.3 is 0 Å². The molecule has 21 heavy (non-hydrogen) atoms. The predicted octanol–water partition coefficient (Wildman–Crippen LogP) is 2.95. The quantitative estimate of drug-likeness (QED) is 0.867. The third kappa shape index (κ3) is 3.52. The standard InChI is InChI=1S/C17H18N2OS/c1-12-6-8-15(13(2)11-12)19(3)17(20)16-9-7-14(21-16)5-4-10-18/h6-9,11H,10,18H2,1-3H3. The van der Waals surface area contributed by atoms with E-state index in [1.165, 1.54) is 16.9 Å². The fourth-order valence-electron chi connectivity index (χ4n) is 2.11. The van der Waals surface area contributed by atoms with Gasteiger partial charge in [0.05, 0.1) is 16.3 Å². The molecule has 0 fully saturated rings. The minimum absolute atomic E-state index is 0.0206. The second-order valence-corrected chi connectivity index (χ2v) is 5.91. The van der Waals surface area contributed by atoms with E-state index in [1.807, 2.05) is 38.1 Å². The van der Waals surface area contributed by atoms with Crippen molar-refractivity contribution in [2.45, 2.75) is 13.8 Å². The van der Waals surface area contributed by atoms with Gasteiger partial charge in [0.2, 0.25) is 0 Å². The van der Waals surface area contributed by atoms with Crippen molar-refractivity contribution in [3.63, 3.8) is 0 Å². The normalized spacial score (nSPS) is 9.90. The first-order valence-electron chi connectivity index (χ1n) is 6.67. The lowest BCUT2D eigenvalue weighted by Gasteiger charge is -2.19. The molecule has 108 valence electrons. The molecule has 1 amide bonds. The monoisotopic (exact) mass is 298 g/mol. The summed E-state index contributed by atoms with van der Waals surface area (Å²) in [6.07, 6.45) is 0. The number of carbonyl (C=O) groups is 1. The Kier molecular flexibility index (Phi) is 4.79. The summed E-state index contributed by atoms with van der Waals surface area (Å²) in [5, 5.41) is 0. The Morgan fingerprint density at radius 1 is 1.29 bits per heavy atom. The smallest absolute Gasteiger partial charge is 0.268 e. The number of benzene rings is 1. The lowest BCUT2D eigenvalue weighted by atomic mass is 10.1. The number of rotatable bonds is 2. The van der Waals surface area contributed by atoms with Gasteiger partial charge in [0, 0.05) is 12.7 Å². The van der Waals surface area contributed by atoms with Crippen molar-refractivity contribution in [1.82, 2.24) is 0 Å². The van der Waals surface area contributed by atoms with Crippen LogP contribution in [0.1, 0.15) is 25.7 Å². The molecule has 1 heterocycles. The molecule has 0 aliphatic rings. The average Bonchev–Trinajstić information content (AvgIpc) is 2.92. The topological polar surface area (TPSA) is 46.3 Å². The minimum Gasteiger partial charge on any atom is -0.320 e. The molecule has 0 aliphatic carbocycles. The Bertz CT molecular complexity index is 722. The van der Waals surface area contributed by atoms with Crippen LogP contribution in [0.3, 0.4) is 0 Å². The van der Waals surface area contributed by atoms with Crippen LogP contribution in [-0.4, -0.2) is 19.5 Å². The zero-order valence-electron chi connectivity index (χ0n) is 12.4. The van der Waals surface area contributed by atoms with Crippen LogP contribution in [0.15, 0.2) is 30.3 Å². The summed E-state index contributed by atoms with van der Waals surface area (Å²) in [5.74, 6) is 5.73. The molecule has 2 N–H and O–H groups in total. The number of thiophene rings is 1. The maximum absolute atomic E-state index is 12.5. The van der Waals surface area contributed by atoms with Crippen LogP contribution < -0.4 is 10.6 Å². The first kappa shape index (κ1) is 15.3. The van der Waals surface area contributed by atoms with Crippen molar-refractivity contribution in [3.05, 3.63) is 51.2 Å². The summed E-state index contributed by atoms with van der Waals surface area (Å²) < 4.78 is 0. The Morgan fingerprint density at radius 3 is 2.71 bits per heavy atom. The van der Waals surface area contributed by atoms with Gasteiger partial charge in [0.1, 0.15) is 0 Å². The third-order valence-electron chi connectivity index (χ3n) is 3.15. The van der Waals surface area contributed by atoms with Crippen LogP contribution >= 0.6 is 11.3 Å². The summed E-state index contributed by atoms with van der Waals surface area (Å²) in [6.45, 7) is 4.38. The Balaban J connectivity index is 2.24. The van der Waals surface area contributed by atoms with Crippen LogP contribution in [0.2, 0.25) is 0 Å². The summed E-state index contributed by atoms with van der Waals surface area (Å²) >= 11 is 1.39. The van der Waals surface area contributed by atoms with Crippen LogP contribution in [0, 0.1) is 25.7 Å². The zero-order chi connectivity index (χ0) is 15.4. The highest BCUT2D eigenvalue weighted by atomic mass is 32.1. The maximum atomic E-state index is 12.5. The van der Waals surface area contributed by atoms with Crippen LogP contribution in [0.5, 0.6) is 0 Å². The van der Waals surface area contributed by atoms with Gasteiger partial charge in [0.15, 0.2) is 0 Å².